The second-order valence-corrected chi connectivity index (χ2v) is 4.53. The lowest BCUT2D eigenvalue weighted by atomic mass is 10.2. The van der Waals surface area contributed by atoms with E-state index in [-0.39, 0.29) is 0 Å². The summed E-state index contributed by atoms with van der Waals surface area (Å²) >= 11 is 2.18. The standard InChI is InChI=1S/C13H9IN2O/c14-12-5-4-10(8-15)7-13(12)17-9-11-3-1-2-6-16-11/h1-7H,9H2. The molecule has 0 radical (unpaired) electrons. The summed E-state index contributed by atoms with van der Waals surface area (Å²) < 4.78 is 6.63. The average Bonchev–Trinajstić information content (AvgIpc) is 2.39. The molecular weight excluding hydrogens is 327 g/mol. The van der Waals surface area contributed by atoms with Crippen molar-refractivity contribution in [1.82, 2.24) is 4.98 Å². The number of pyridine rings is 1. The summed E-state index contributed by atoms with van der Waals surface area (Å²) in [6, 6.07) is 13.2. The minimum Gasteiger partial charge on any atom is -0.486 e. The number of benzene rings is 1. The summed E-state index contributed by atoms with van der Waals surface area (Å²) in [4.78, 5) is 4.17. The van der Waals surface area contributed by atoms with Crippen LogP contribution in [0.15, 0.2) is 42.6 Å². The number of hydrogen-bond donors (Lipinski definition) is 0. The smallest absolute Gasteiger partial charge is 0.134 e. The lowest BCUT2D eigenvalue weighted by Gasteiger charge is -2.07. The van der Waals surface area contributed by atoms with E-state index in [4.69, 9.17) is 10.00 Å². The Bertz CT molecular complexity index is 549. The van der Waals surface area contributed by atoms with Gasteiger partial charge in [0.15, 0.2) is 0 Å². The van der Waals surface area contributed by atoms with E-state index in [0.29, 0.717) is 12.2 Å². The minimum atomic E-state index is 0.408. The molecule has 0 aliphatic carbocycles. The minimum absolute atomic E-state index is 0.408. The van der Waals surface area contributed by atoms with Gasteiger partial charge in [-0.25, -0.2) is 0 Å². The topological polar surface area (TPSA) is 45.9 Å². The van der Waals surface area contributed by atoms with Crippen LogP contribution in [0.2, 0.25) is 0 Å². The van der Waals surface area contributed by atoms with Gasteiger partial charge in [-0.2, -0.15) is 5.26 Å². The van der Waals surface area contributed by atoms with E-state index < -0.39 is 0 Å². The lowest BCUT2D eigenvalue weighted by molar-refractivity contribution is 0.299. The Balaban J connectivity index is 2.12. The van der Waals surface area contributed by atoms with E-state index in [0.717, 1.165) is 15.0 Å². The molecule has 0 N–H and O–H groups in total. The van der Waals surface area contributed by atoms with Crippen molar-refractivity contribution in [3.8, 4) is 11.8 Å². The normalized spacial score (nSPS) is 9.65. The monoisotopic (exact) mass is 336 g/mol. The van der Waals surface area contributed by atoms with Crippen LogP contribution in [-0.2, 0) is 6.61 Å². The zero-order chi connectivity index (χ0) is 12.1. The van der Waals surface area contributed by atoms with Crippen molar-refractivity contribution in [2.45, 2.75) is 6.61 Å². The number of aromatic nitrogens is 1. The second-order valence-electron chi connectivity index (χ2n) is 3.37. The fraction of sp³-hybridized carbons (Fsp3) is 0.0769. The molecule has 0 saturated heterocycles. The van der Waals surface area contributed by atoms with E-state index in [9.17, 15) is 0 Å². The maximum absolute atomic E-state index is 8.82. The number of ether oxygens (including phenoxy) is 1. The van der Waals surface area contributed by atoms with Crippen molar-refractivity contribution >= 4 is 22.6 Å². The van der Waals surface area contributed by atoms with Crippen LogP contribution in [-0.4, -0.2) is 4.98 Å². The van der Waals surface area contributed by atoms with Crippen molar-refractivity contribution in [3.05, 3.63) is 57.4 Å². The fourth-order valence-electron chi connectivity index (χ4n) is 1.32. The van der Waals surface area contributed by atoms with E-state index >= 15 is 0 Å². The van der Waals surface area contributed by atoms with Gasteiger partial charge in [0, 0.05) is 6.20 Å². The molecule has 2 aromatic rings. The van der Waals surface area contributed by atoms with E-state index in [1.165, 1.54) is 0 Å². The van der Waals surface area contributed by atoms with Crippen LogP contribution in [0.3, 0.4) is 0 Å². The highest BCUT2D eigenvalue weighted by Gasteiger charge is 2.03. The maximum atomic E-state index is 8.82. The second kappa shape index (κ2) is 5.64. The first kappa shape index (κ1) is 11.9. The number of hydrogen-bond acceptors (Lipinski definition) is 3. The van der Waals surface area contributed by atoms with Gasteiger partial charge in [-0.15, -0.1) is 0 Å². The quantitative estimate of drug-likeness (QED) is 0.809. The average molecular weight is 336 g/mol. The van der Waals surface area contributed by atoms with Crippen LogP contribution in [0.25, 0.3) is 0 Å². The summed E-state index contributed by atoms with van der Waals surface area (Å²) in [6.07, 6.45) is 1.73. The summed E-state index contributed by atoms with van der Waals surface area (Å²) in [7, 11) is 0. The van der Waals surface area contributed by atoms with E-state index in [2.05, 4.69) is 33.6 Å². The highest BCUT2D eigenvalue weighted by Crippen LogP contribution is 2.22. The number of nitriles is 1. The third-order valence-corrected chi connectivity index (χ3v) is 3.05. The van der Waals surface area contributed by atoms with Gasteiger partial charge in [0.25, 0.3) is 0 Å². The highest BCUT2D eigenvalue weighted by molar-refractivity contribution is 14.1. The maximum Gasteiger partial charge on any atom is 0.134 e. The molecule has 2 rings (SSSR count). The summed E-state index contributed by atoms with van der Waals surface area (Å²) in [5, 5.41) is 8.82. The van der Waals surface area contributed by atoms with Gasteiger partial charge in [0.2, 0.25) is 0 Å². The molecule has 0 fully saturated rings. The van der Waals surface area contributed by atoms with Crippen molar-refractivity contribution in [1.29, 1.82) is 5.26 Å². The molecule has 4 heteroatoms. The van der Waals surface area contributed by atoms with Gasteiger partial charge in [0.05, 0.1) is 20.9 Å². The van der Waals surface area contributed by atoms with Crippen LogP contribution in [0, 0.1) is 14.9 Å². The SMILES string of the molecule is N#Cc1ccc(I)c(OCc2ccccn2)c1. The Morgan fingerprint density at radius 1 is 1.29 bits per heavy atom. The zero-order valence-electron chi connectivity index (χ0n) is 8.93. The van der Waals surface area contributed by atoms with Gasteiger partial charge < -0.3 is 4.74 Å². The molecule has 0 bridgehead atoms. The first-order chi connectivity index (χ1) is 8.29. The van der Waals surface area contributed by atoms with Crippen LogP contribution < -0.4 is 4.74 Å². The number of halogens is 1. The molecule has 0 spiro atoms. The van der Waals surface area contributed by atoms with Gasteiger partial charge in [-0.05, 0) is 52.9 Å². The van der Waals surface area contributed by atoms with Gasteiger partial charge in [0.1, 0.15) is 12.4 Å². The summed E-state index contributed by atoms with van der Waals surface area (Å²) in [5.74, 6) is 0.718. The zero-order valence-corrected chi connectivity index (χ0v) is 11.1. The Morgan fingerprint density at radius 2 is 2.18 bits per heavy atom. The molecule has 17 heavy (non-hydrogen) atoms. The third-order valence-electron chi connectivity index (χ3n) is 2.16. The molecule has 0 aliphatic heterocycles. The molecule has 0 amide bonds. The van der Waals surface area contributed by atoms with E-state index in [1.807, 2.05) is 24.3 Å². The largest absolute Gasteiger partial charge is 0.486 e. The van der Waals surface area contributed by atoms with Gasteiger partial charge >= 0.3 is 0 Å². The predicted molar refractivity (Wildman–Crippen MR) is 72.4 cm³/mol. The summed E-state index contributed by atoms with van der Waals surface area (Å²) in [6.45, 7) is 0.408. The molecule has 1 heterocycles. The Morgan fingerprint density at radius 3 is 2.88 bits per heavy atom. The van der Waals surface area contributed by atoms with Crippen LogP contribution in [0.4, 0.5) is 0 Å². The molecular formula is C13H9IN2O. The number of nitrogens with zero attached hydrogens (tertiary/aromatic N) is 2. The molecule has 0 saturated carbocycles. The van der Waals surface area contributed by atoms with Crippen LogP contribution in [0.1, 0.15) is 11.3 Å². The first-order valence-electron chi connectivity index (χ1n) is 5.02. The van der Waals surface area contributed by atoms with Crippen molar-refractivity contribution in [2.24, 2.45) is 0 Å². The van der Waals surface area contributed by atoms with Gasteiger partial charge in [-0.1, -0.05) is 6.07 Å². The van der Waals surface area contributed by atoms with E-state index in [1.54, 1.807) is 18.3 Å². The first-order valence-corrected chi connectivity index (χ1v) is 6.10. The van der Waals surface area contributed by atoms with Crippen LogP contribution in [0.5, 0.6) is 5.75 Å². The highest BCUT2D eigenvalue weighted by atomic mass is 127. The Hall–Kier alpha value is -1.61. The van der Waals surface area contributed by atoms with Crippen molar-refractivity contribution in [2.75, 3.05) is 0 Å². The molecule has 0 atom stereocenters. The molecule has 0 unspecified atom stereocenters. The van der Waals surface area contributed by atoms with Gasteiger partial charge in [-0.3, -0.25) is 4.98 Å². The predicted octanol–water partition coefficient (Wildman–Crippen LogP) is 3.14. The van der Waals surface area contributed by atoms with Crippen molar-refractivity contribution in [3.63, 3.8) is 0 Å². The van der Waals surface area contributed by atoms with Crippen molar-refractivity contribution < 1.29 is 4.74 Å². The molecule has 84 valence electrons. The Labute approximate surface area is 113 Å². The fourth-order valence-corrected chi connectivity index (χ4v) is 1.81. The Kier molecular flexibility index (Phi) is 3.94. The summed E-state index contributed by atoms with van der Waals surface area (Å²) in [5.41, 5.74) is 1.46. The van der Waals surface area contributed by atoms with Crippen LogP contribution >= 0.6 is 22.6 Å². The molecule has 1 aromatic heterocycles. The molecule has 0 aliphatic rings. The molecule has 1 aromatic carbocycles. The lowest BCUT2D eigenvalue weighted by Crippen LogP contribution is -1.99. The molecule has 3 nitrogen and oxygen atoms in total. The third kappa shape index (κ3) is 3.17. The number of rotatable bonds is 3.